The second-order valence-corrected chi connectivity index (χ2v) is 7.84. The fourth-order valence-electron chi connectivity index (χ4n) is 3.67. The summed E-state index contributed by atoms with van der Waals surface area (Å²) in [5, 5.41) is 0.572. The number of hydrogen-bond donors (Lipinski definition) is 1. The number of methoxy groups -OCH3 is 1. The van der Waals surface area contributed by atoms with Gasteiger partial charge in [-0.3, -0.25) is 14.4 Å². The van der Waals surface area contributed by atoms with Crippen LogP contribution in [-0.2, 0) is 4.79 Å². The minimum absolute atomic E-state index is 0.0692. The average molecular weight is 470 g/mol. The van der Waals surface area contributed by atoms with Crippen LogP contribution in [0, 0.1) is 0 Å². The molecule has 8 heteroatoms. The van der Waals surface area contributed by atoms with Crippen molar-refractivity contribution in [3.63, 3.8) is 0 Å². The molecule has 2 heterocycles. The Bertz CT molecular complexity index is 1120. The van der Waals surface area contributed by atoms with Crippen molar-refractivity contribution in [1.29, 1.82) is 0 Å². The molecule has 0 saturated carbocycles. The molecule has 1 saturated heterocycles. The van der Waals surface area contributed by atoms with Crippen molar-refractivity contribution in [3.8, 4) is 5.75 Å². The standard InChI is InChI=1S/C22H20BrN3O4/c1-30-17-8-7-16(23)19-18(17)15(13-24-19)20(27)22(29)26-11-9-25(10-12-26)21(28)14-5-3-2-4-6-14/h2-8,13,24H,9-12H2,1H3. The molecule has 3 aromatic rings. The second-order valence-electron chi connectivity index (χ2n) is 6.98. The number of carbonyl (C=O) groups is 3. The third kappa shape index (κ3) is 3.59. The summed E-state index contributed by atoms with van der Waals surface area (Å²) in [7, 11) is 1.52. The monoisotopic (exact) mass is 469 g/mol. The predicted octanol–water partition coefficient (Wildman–Crippen LogP) is 3.11. The summed E-state index contributed by atoms with van der Waals surface area (Å²) in [6, 6.07) is 12.6. The number of piperazine rings is 1. The Kier molecular flexibility index (Phi) is 5.59. The molecular formula is C22H20BrN3O4. The van der Waals surface area contributed by atoms with E-state index in [1.54, 1.807) is 23.1 Å². The second kappa shape index (κ2) is 8.31. The highest BCUT2D eigenvalue weighted by atomic mass is 79.9. The molecule has 1 aromatic heterocycles. The molecular weight excluding hydrogens is 450 g/mol. The molecule has 2 aromatic carbocycles. The van der Waals surface area contributed by atoms with Crippen LogP contribution in [-0.4, -0.2) is 65.7 Å². The smallest absolute Gasteiger partial charge is 0.295 e. The van der Waals surface area contributed by atoms with Gasteiger partial charge in [0.15, 0.2) is 0 Å². The van der Waals surface area contributed by atoms with Crippen molar-refractivity contribution in [3.05, 3.63) is 64.3 Å². The van der Waals surface area contributed by atoms with Crippen molar-refractivity contribution >= 4 is 44.4 Å². The van der Waals surface area contributed by atoms with E-state index < -0.39 is 11.7 Å². The average Bonchev–Trinajstić information content (AvgIpc) is 3.25. The fourth-order valence-corrected chi connectivity index (χ4v) is 4.11. The number of carbonyl (C=O) groups excluding carboxylic acids is 3. The number of benzene rings is 2. The molecule has 0 unspecified atom stereocenters. The summed E-state index contributed by atoms with van der Waals surface area (Å²) in [6.45, 7) is 1.39. The Morgan fingerprint density at radius 2 is 1.63 bits per heavy atom. The van der Waals surface area contributed by atoms with Crippen LogP contribution < -0.4 is 4.74 Å². The number of amides is 2. The molecule has 30 heavy (non-hydrogen) atoms. The zero-order chi connectivity index (χ0) is 21.3. The summed E-state index contributed by atoms with van der Waals surface area (Å²) in [4.78, 5) is 44.7. The Balaban J connectivity index is 1.49. The fraction of sp³-hybridized carbons (Fsp3) is 0.227. The van der Waals surface area contributed by atoms with Gasteiger partial charge in [0.2, 0.25) is 0 Å². The minimum Gasteiger partial charge on any atom is -0.496 e. The zero-order valence-corrected chi connectivity index (χ0v) is 17.9. The molecule has 1 aliphatic rings. The highest BCUT2D eigenvalue weighted by Gasteiger charge is 2.30. The van der Waals surface area contributed by atoms with E-state index >= 15 is 0 Å². The molecule has 1 N–H and O–H groups in total. The topological polar surface area (TPSA) is 82.7 Å². The van der Waals surface area contributed by atoms with E-state index in [4.69, 9.17) is 4.74 Å². The number of nitrogens with zero attached hydrogens (tertiary/aromatic N) is 2. The van der Waals surface area contributed by atoms with E-state index in [1.807, 2.05) is 24.3 Å². The van der Waals surface area contributed by atoms with Crippen molar-refractivity contribution in [2.24, 2.45) is 0 Å². The lowest BCUT2D eigenvalue weighted by atomic mass is 10.1. The number of halogens is 1. The third-order valence-corrected chi connectivity index (χ3v) is 5.94. The van der Waals surface area contributed by atoms with Gasteiger partial charge in [-0.05, 0) is 40.2 Å². The SMILES string of the molecule is COc1ccc(Br)c2[nH]cc(C(=O)C(=O)N3CCN(C(=O)c4ccccc4)CC3)c12. The maximum Gasteiger partial charge on any atom is 0.295 e. The largest absolute Gasteiger partial charge is 0.496 e. The number of aromatic nitrogens is 1. The molecule has 0 atom stereocenters. The predicted molar refractivity (Wildman–Crippen MR) is 116 cm³/mol. The van der Waals surface area contributed by atoms with E-state index in [2.05, 4.69) is 20.9 Å². The lowest BCUT2D eigenvalue weighted by molar-refractivity contribution is -0.127. The van der Waals surface area contributed by atoms with Crippen LogP contribution in [0.2, 0.25) is 0 Å². The molecule has 0 bridgehead atoms. The molecule has 0 spiro atoms. The first-order chi connectivity index (χ1) is 14.5. The van der Waals surface area contributed by atoms with E-state index in [0.717, 1.165) is 4.47 Å². The molecule has 0 aliphatic carbocycles. The van der Waals surface area contributed by atoms with Crippen LogP contribution in [0.15, 0.2) is 53.1 Å². The maximum absolute atomic E-state index is 13.0. The van der Waals surface area contributed by atoms with Crippen molar-refractivity contribution in [2.75, 3.05) is 33.3 Å². The lowest BCUT2D eigenvalue weighted by Gasteiger charge is -2.34. The molecule has 1 aliphatic heterocycles. The molecule has 7 nitrogen and oxygen atoms in total. The Hall–Kier alpha value is -3.13. The van der Waals surface area contributed by atoms with Gasteiger partial charge in [-0.25, -0.2) is 0 Å². The number of aromatic amines is 1. The lowest BCUT2D eigenvalue weighted by Crippen LogP contribution is -2.52. The summed E-state index contributed by atoms with van der Waals surface area (Å²) in [6.07, 6.45) is 1.54. The Morgan fingerprint density at radius 1 is 0.967 bits per heavy atom. The van der Waals surface area contributed by atoms with Crippen LogP contribution in [0.25, 0.3) is 10.9 Å². The number of nitrogens with one attached hydrogen (secondary N) is 1. The summed E-state index contributed by atoms with van der Waals surface area (Å²) in [5.74, 6) is -0.727. The van der Waals surface area contributed by atoms with Gasteiger partial charge in [-0.2, -0.15) is 0 Å². The first-order valence-corrected chi connectivity index (χ1v) is 10.3. The van der Waals surface area contributed by atoms with Crippen LogP contribution in [0.5, 0.6) is 5.75 Å². The summed E-state index contributed by atoms with van der Waals surface area (Å²) < 4.78 is 6.15. The van der Waals surface area contributed by atoms with Crippen molar-refractivity contribution in [1.82, 2.24) is 14.8 Å². The molecule has 4 rings (SSSR count). The minimum atomic E-state index is -0.597. The van der Waals surface area contributed by atoms with E-state index in [-0.39, 0.29) is 11.5 Å². The first kappa shape index (κ1) is 20.2. The highest BCUT2D eigenvalue weighted by molar-refractivity contribution is 9.10. The molecule has 2 amide bonds. The van der Waals surface area contributed by atoms with E-state index in [9.17, 15) is 14.4 Å². The van der Waals surface area contributed by atoms with Crippen molar-refractivity contribution in [2.45, 2.75) is 0 Å². The van der Waals surface area contributed by atoms with Gasteiger partial charge < -0.3 is 19.5 Å². The number of fused-ring (bicyclic) bond motifs is 1. The molecule has 0 radical (unpaired) electrons. The summed E-state index contributed by atoms with van der Waals surface area (Å²) >= 11 is 3.44. The van der Waals surface area contributed by atoms with E-state index in [0.29, 0.717) is 48.4 Å². The van der Waals surface area contributed by atoms with Gasteiger partial charge in [0, 0.05) is 42.4 Å². The first-order valence-electron chi connectivity index (χ1n) is 9.52. The van der Waals surface area contributed by atoms with Gasteiger partial charge in [0.05, 0.1) is 23.6 Å². The van der Waals surface area contributed by atoms with Gasteiger partial charge >= 0.3 is 0 Å². The Morgan fingerprint density at radius 3 is 2.30 bits per heavy atom. The third-order valence-electron chi connectivity index (χ3n) is 5.28. The molecule has 154 valence electrons. The van der Waals surface area contributed by atoms with Gasteiger partial charge in [0.1, 0.15) is 5.75 Å². The van der Waals surface area contributed by atoms with Gasteiger partial charge in [-0.1, -0.05) is 18.2 Å². The van der Waals surface area contributed by atoms with E-state index in [1.165, 1.54) is 18.2 Å². The van der Waals surface area contributed by atoms with Crippen LogP contribution in [0.3, 0.4) is 0 Å². The number of H-pyrrole nitrogens is 1. The quantitative estimate of drug-likeness (QED) is 0.470. The highest BCUT2D eigenvalue weighted by Crippen LogP contribution is 2.34. The van der Waals surface area contributed by atoms with Gasteiger partial charge in [-0.15, -0.1) is 0 Å². The summed E-state index contributed by atoms with van der Waals surface area (Å²) in [5.41, 5.74) is 1.59. The van der Waals surface area contributed by atoms with Crippen LogP contribution in [0.1, 0.15) is 20.7 Å². The zero-order valence-electron chi connectivity index (χ0n) is 16.4. The normalized spacial score (nSPS) is 14.1. The number of Topliss-reactive ketones (excluding diaryl/α,β-unsaturated/α-hetero) is 1. The maximum atomic E-state index is 13.0. The van der Waals surface area contributed by atoms with Crippen LogP contribution in [0.4, 0.5) is 0 Å². The number of hydrogen-bond acceptors (Lipinski definition) is 4. The Labute approximate surface area is 181 Å². The number of rotatable bonds is 4. The number of ether oxygens (including phenoxy) is 1. The van der Waals surface area contributed by atoms with Crippen molar-refractivity contribution < 1.29 is 19.1 Å². The van der Waals surface area contributed by atoms with Gasteiger partial charge in [0.25, 0.3) is 17.6 Å². The molecule has 1 fully saturated rings. The number of ketones is 1. The van der Waals surface area contributed by atoms with Crippen LogP contribution >= 0.6 is 15.9 Å².